The lowest BCUT2D eigenvalue weighted by molar-refractivity contribution is -0.127. The average molecular weight is 654 g/mol. The van der Waals surface area contributed by atoms with Crippen molar-refractivity contribution in [1.29, 1.82) is 0 Å². The van der Waals surface area contributed by atoms with E-state index in [2.05, 4.69) is 32.9 Å². The molecule has 9 heteroatoms. The van der Waals surface area contributed by atoms with Gasteiger partial charge in [0, 0.05) is 18.7 Å². The number of allylic oxidation sites excluding steroid dienone is 1. The van der Waals surface area contributed by atoms with E-state index in [-0.39, 0.29) is 11.5 Å². The normalized spacial score (nSPS) is 14.5. The summed E-state index contributed by atoms with van der Waals surface area (Å²) in [5.41, 5.74) is 7.11. The minimum Gasteiger partial charge on any atom is -0.496 e. The number of amides is 1. The summed E-state index contributed by atoms with van der Waals surface area (Å²) in [6.07, 6.45) is 1.84. The third kappa shape index (κ3) is 6.76. The monoisotopic (exact) mass is 653 g/mol. The van der Waals surface area contributed by atoms with Gasteiger partial charge in [0.05, 0.1) is 29.5 Å². The van der Waals surface area contributed by atoms with Crippen LogP contribution in [0.2, 0.25) is 0 Å². The van der Waals surface area contributed by atoms with Gasteiger partial charge in [0.25, 0.3) is 11.5 Å². The number of hydrogen-bond donors (Lipinski definition) is 0. The SMILES string of the molecule is CCOc1cc(/C=c2/sc3n(c2=O)[C@@H](c2ccccc2OC)C(C(=O)N(CC)CC)=C(C)N=3)ccc1OCc1c(C)cc(C)cc1C. The highest BCUT2D eigenvalue weighted by atomic mass is 32.1. The van der Waals surface area contributed by atoms with Gasteiger partial charge in [0.15, 0.2) is 16.3 Å². The molecule has 0 saturated carbocycles. The van der Waals surface area contributed by atoms with Gasteiger partial charge in [-0.1, -0.05) is 53.3 Å². The summed E-state index contributed by atoms with van der Waals surface area (Å²) >= 11 is 1.30. The number of ether oxygens (including phenoxy) is 3. The van der Waals surface area contributed by atoms with Crippen molar-refractivity contribution in [1.82, 2.24) is 9.47 Å². The maximum Gasteiger partial charge on any atom is 0.271 e. The van der Waals surface area contributed by atoms with Crippen LogP contribution in [0.5, 0.6) is 17.2 Å². The number of carbonyl (C=O) groups excluding carboxylic acids is 1. The Hall–Kier alpha value is -4.63. The van der Waals surface area contributed by atoms with E-state index in [1.807, 2.05) is 76.2 Å². The Kier molecular flexibility index (Phi) is 10.3. The Morgan fingerprint density at radius 2 is 1.64 bits per heavy atom. The molecule has 1 aromatic heterocycles. The molecule has 0 unspecified atom stereocenters. The van der Waals surface area contributed by atoms with Crippen molar-refractivity contribution in [3.8, 4) is 17.2 Å². The molecule has 0 fully saturated rings. The smallest absolute Gasteiger partial charge is 0.271 e. The summed E-state index contributed by atoms with van der Waals surface area (Å²) < 4.78 is 20.1. The second-order valence-corrected chi connectivity index (χ2v) is 12.6. The second-order valence-electron chi connectivity index (χ2n) is 11.6. The first-order valence-corrected chi connectivity index (χ1v) is 16.8. The first-order valence-electron chi connectivity index (χ1n) is 16.0. The number of para-hydroxylation sites is 1. The Morgan fingerprint density at radius 1 is 0.936 bits per heavy atom. The number of aryl methyl sites for hydroxylation is 3. The predicted molar refractivity (Wildman–Crippen MR) is 187 cm³/mol. The zero-order chi connectivity index (χ0) is 33.8. The summed E-state index contributed by atoms with van der Waals surface area (Å²) in [6, 6.07) is 16.8. The molecule has 1 amide bonds. The molecule has 1 aliphatic heterocycles. The Morgan fingerprint density at radius 3 is 2.30 bits per heavy atom. The number of fused-ring (bicyclic) bond motifs is 1. The molecule has 8 nitrogen and oxygen atoms in total. The number of hydrogen-bond acceptors (Lipinski definition) is 7. The molecule has 47 heavy (non-hydrogen) atoms. The third-order valence-electron chi connectivity index (χ3n) is 8.51. The molecule has 4 aromatic rings. The molecule has 0 saturated heterocycles. The molecule has 246 valence electrons. The molecule has 0 radical (unpaired) electrons. The number of benzene rings is 3. The number of methoxy groups -OCH3 is 1. The lowest BCUT2D eigenvalue weighted by Gasteiger charge is -2.29. The second kappa shape index (κ2) is 14.4. The van der Waals surface area contributed by atoms with E-state index in [0.29, 0.717) is 64.2 Å². The Bertz CT molecular complexity index is 2000. The van der Waals surface area contributed by atoms with Crippen molar-refractivity contribution < 1.29 is 19.0 Å². The fraction of sp³-hybridized carbons (Fsp3) is 0.342. The summed E-state index contributed by atoms with van der Waals surface area (Å²) in [4.78, 5) is 35.2. The van der Waals surface area contributed by atoms with Crippen molar-refractivity contribution in [3.63, 3.8) is 0 Å². The van der Waals surface area contributed by atoms with E-state index in [4.69, 9.17) is 19.2 Å². The quantitative estimate of drug-likeness (QED) is 0.198. The molecule has 3 aromatic carbocycles. The van der Waals surface area contributed by atoms with Crippen LogP contribution in [0, 0.1) is 20.8 Å². The number of thiazole rings is 1. The first-order chi connectivity index (χ1) is 22.6. The van der Waals surface area contributed by atoms with Gasteiger partial charge in [-0.3, -0.25) is 14.2 Å². The number of likely N-dealkylation sites (N-methyl/N-ethyl adjacent to an activating group) is 1. The van der Waals surface area contributed by atoms with Gasteiger partial charge in [0.1, 0.15) is 18.4 Å². The number of rotatable bonds is 11. The van der Waals surface area contributed by atoms with Crippen LogP contribution >= 0.6 is 11.3 Å². The Balaban J connectivity index is 1.58. The maximum absolute atomic E-state index is 14.2. The highest BCUT2D eigenvalue weighted by molar-refractivity contribution is 7.07. The van der Waals surface area contributed by atoms with E-state index in [0.717, 1.165) is 16.7 Å². The zero-order valence-electron chi connectivity index (χ0n) is 28.5. The highest BCUT2D eigenvalue weighted by Crippen LogP contribution is 2.36. The van der Waals surface area contributed by atoms with Crippen molar-refractivity contribution in [2.45, 2.75) is 61.1 Å². The molecule has 1 atom stereocenters. The van der Waals surface area contributed by atoms with Crippen LogP contribution < -0.4 is 29.1 Å². The molecular weight excluding hydrogens is 611 g/mol. The zero-order valence-corrected chi connectivity index (χ0v) is 29.3. The van der Waals surface area contributed by atoms with Crippen LogP contribution in [-0.2, 0) is 11.4 Å². The Labute approximate surface area is 280 Å². The third-order valence-corrected chi connectivity index (χ3v) is 9.50. The molecular formula is C38H43N3O5S. The van der Waals surface area contributed by atoms with Gasteiger partial charge in [-0.25, -0.2) is 4.99 Å². The topological polar surface area (TPSA) is 82.4 Å². The maximum atomic E-state index is 14.2. The van der Waals surface area contributed by atoms with E-state index in [1.165, 1.54) is 28.0 Å². The van der Waals surface area contributed by atoms with Crippen molar-refractivity contribution in [3.05, 3.63) is 119 Å². The van der Waals surface area contributed by atoms with Crippen LogP contribution in [0.15, 0.2) is 75.7 Å². The first kappa shape index (κ1) is 33.7. The van der Waals surface area contributed by atoms with Crippen LogP contribution in [0.3, 0.4) is 0 Å². The van der Waals surface area contributed by atoms with Gasteiger partial charge < -0.3 is 19.1 Å². The lowest BCUT2D eigenvalue weighted by Crippen LogP contribution is -2.43. The average Bonchev–Trinajstić information content (AvgIpc) is 3.34. The van der Waals surface area contributed by atoms with Crippen LogP contribution in [-0.4, -0.2) is 42.2 Å². The summed E-state index contributed by atoms with van der Waals surface area (Å²) in [6.45, 7) is 15.9. The molecule has 0 aliphatic carbocycles. The van der Waals surface area contributed by atoms with E-state index in [9.17, 15) is 9.59 Å². The van der Waals surface area contributed by atoms with Crippen LogP contribution in [0.25, 0.3) is 6.08 Å². The summed E-state index contributed by atoms with van der Waals surface area (Å²) in [5.74, 6) is 1.69. The predicted octanol–water partition coefficient (Wildman–Crippen LogP) is 6.02. The molecule has 0 N–H and O–H groups in total. The van der Waals surface area contributed by atoms with Gasteiger partial charge in [0.2, 0.25) is 0 Å². The van der Waals surface area contributed by atoms with Gasteiger partial charge >= 0.3 is 0 Å². The molecule has 1 aliphatic rings. The van der Waals surface area contributed by atoms with E-state index in [1.54, 1.807) is 16.6 Å². The van der Waals surface area contributed by atoms with Gasteiger partial charge in [-0.15, -0.1) is 0 Å². The lowest BCUT2D eigenvalue weighted by atomic mass is 9.94. The molecule has 0 bridgehead atoms. The van der Waals surface area contributed by atoms with Gasteiger partial charge in [-0.05, 0) is 95.0 Å². The van der Waals surface area contributed by atoms with Crippen LogP contribution in [0.1, 0.15) is 67.1 Å². The molecule has 5 rings (SSSR count). The van der Waals surface area contributed by atoms with Crippen LogP contribution in [0.4, 0.5) is 0 Å². The van der Waals surface area contributed by atoms with Crippen molar-refractivity contribution in [2.75, 3.05) is 26.8 Å². The summed E-state index contributed by atoms with van der Waals surface area (Å²) in [5, 5.41) is 0. The van der Waals surface area contributed by atoms with Crippen molar-refractivity contribution in [2.24, 2.45) is 4.99 Å². The molecule has 0 spiro atoms. The molecule has 2 heterocycles. The van der Waals surface area contributed by atoms with E-state index >= 15 is 0 Å². The van der Waals surface area contributed by atoms with Crippen molar-refractivity contribution >= 4 is 23.3 Å². The minimum absolute atomic E-state index is 0.144. The number of carbonyl (C=O) groups is 1. The van der Waals surface area contributed by atoms with E-state index < -0.39 is 6.04 Å². The summed E-state index contributed by atoms with van der Waals surface area (Å²) in [7, 11) is 1.59. The highest BCUT2D eigenvalue weighted by Gasteiger charge is 2.35. The fourth-order valence-corrected chi connectivity index (χ4v) is 7.25. The number of nitrogens with zero attached hydrogens (tertiary/aromatic N) is 3. The largest absolute Gasteiger partial charge is 0.496 e. The standard InChI is InChI=1S/C38H43N3O5S/c1-9-40(10-2)37(43)34-26(7)39-38-41(35(34)28-14-12-13-15-30(28)44-8)36(42)33(47-38)21-27-16-17-31(32(20-27)45-11-3)46-22-29-24(5)18-23(4)19-25(29)6/h12-21,35H,9-11,22H2,1-8H3/b33-21+/t35-/m0/s1. The fourth-order valence-electron chi connectivity index (χ4n) is 6.20. The number of aromatic nitrogens is 1. The van der Waals surface area contributed by atoms with Gasteiger partial charge in [-0.2, -0.15) is 0 Å². The minimum atomic E-state index is -0.693.